The van der Waals surface area contributed by atoms with Crippen molar-refractivity contribution in [3.8, 4) is 0 Å². The van der Waals surface area contributed by atoms with Crippen LogP contribution in [0.15, 0.2) is 12.3 Å². The number of carbonyl (C=O) groups excluding carboxylic acids is 1. The van der Waals surface area contributed by atoms with Crippen LogP contribution in [-0.2, 0) is 22.3 Å². The Kier molecular flexibility index (Phi) is 4.90. The molecule has 0 aliphatic rings. The first kappa shape index (κ1) is 15.0. The second-order valence-electron chi connectivity index (χ2n) is 3.74. The van der Waals surface area contributed by atoms with Gasteiger partial charge in [0.1, 0.15) is 6.54 Å². The predicted octanol–water partition coefficient (Wildman–Crippen LogP) is 0.883. The summed E-state index contributed by atoms with van der Waals surface area (Å²) in [5, 5.41) is 14.0. The SMILES string of the molecule is O=C(O)CCCNC(=O)Cn1ccc(C(F)(F)F)n1. The minimum atomic E-state index is -4.54. The fourth-order valence-electron chi connectivity index (χ4n) is 1.27. The molecular formula is C10H12F3N3O3. The van der Waals surface area contributed by atoms with Gasteiger partial charge in [0.25, 0.3) is 0 Å². The molecule has 0 saturated carbocycles. The number of carbonyl (C=O) groups is 2. The summed E-state index contributed by atoms with van der Waals surface area (Å²) in [6.45, 7) is -0.193. The highest BCUT2D eigenvalue weighted by molar-refractivity contribution is 5.75. The Morgan fingerprint density at radius 1 is 1.42 bits per heavy atom. The monoisotopic (exact) mass is 279 g/mol. The maximum Gasteiger partial charge on any atom is 0.435 e. The van der Waals surface area contributed by atoms with Crippen LogP contribution in [0.5, 0.6) is 0 Å². The number of hydrogen-bond donors (Lipinski definition) is 2. The van der Waals surface area contributed by atoms with Gasteiger partial charge in [0.15, 0.2) is 5.69 Å². The number of halogens is 3. The van der Waals surface area contributed by atoms with Gasteiger partial charge >= 0.3 is 12.1 Å². The lowest BCUT2D eigenvalue weighted by molar-refractivity contribution is -0.141. The quantitative estimate of drug-likeness (QED) is 0.757. The fourth-order valence-corrected chi connectivity index (χ4v) is 1.27. The van der Waals surface area contributed by atoms with E-state index in [2.05, 4.69) is 10.4 Å². The molecule has 0 atom stereocenters. The molecule has 19 heavy (non-hydrogen) atoms. The van der Waals surface area contributed by atoms with E-state index in [0.717, 1.165) is 16.9 Å². The van der Waals surface area contributed by atoms with Crippen LogP contribution in [0.2, 0.25) is 0 Å². The Morgan fingerprint density at radius 2 is 2.11 bits per heavy atom. The minimum Gasteiger partial charge on any atom is -0.481 e. The number of amides is 1. The molecule has 0 aliphatic heterocycles. The second-order valence-corrected chi connectivity index (χ2v) is 3.74. The molecule has 1 rings (SSSR count). The van der Waals surface area contributed by atoms with Crippen LogP contribution < -0.4 is 5.32 Å². The first-order valence-electron chi connectivity index (χ1n) is 5.38. The summed E-state index contributed by atoms with van der Waals surface area (Å²) in [5.41, 5.74) is -1.06. The number of rotatable bonds is 6. The molecule has 0 radical (unpaired) electrons. The summed E-state index contributed by atoms with van der Waals surface area (Å²) in [4.78, 5) is 21.5. The fraction of sp³-hybridized carbons (Fsp3) is 0.500. The average Bonchev–Trinajstić information content (AvgIpc) is 2.72. The highest BCUT2D eigenvalue weighted by atomic mass is 19.4. The van der Waals surface area contributed by atoms with E-state index in [9.17, 15) is 22.8 Å². The summed E-state index contributed by atoms with van der Waals surface area (Å²) in [6, 6.07) is 0.776. The van der Waals surface area contributed by atoms with Gasteiger partial charge in [0, 0.05) is 19.2 Å². The molecule has 6 nitrogen and oxygen atoms in total. The molecule has 0 spiro atoms. The molecule has 1 aromatic heterocycles. The van der Waals surface area contributed by atoms with Crippen LogP contribution in [0.4, 0.5) is 13.2 Å². The maximum absolute atomic E-state index is 12.2. The molecule has 0 fully saturated rings. The number of nitrogens with zero attached hydrogens (tertiary/aromatic N) is 2. The normalized spacial score (nSPS) is 11.3. The van der Waals surface area contributed by atoms with E-state index in [4.69, 9.17) is 5.11 Å². The summed E-state index contributed by atoms with van der Waals surface area (Å²) in [5.74, 6) is -1.50. The second kappa shape index (κ2) is 6.21. The zero-order valence-corrected chi connectivity index (χ0v) is 9.78. The Balaban J connectivity index is 2.36. The maximum atomic E-state index is 12.2. The molecule has 0 unspecified atom stereocenters. The molecule has 1 amide bonds. The topological polar surface area (TPSA) is 84.2 Å². The Bertz CT molecular complexity index is 456. The van der Waals surface area contributed by atoms with Crippen molar-refractivity contribution in [1.82, 2.24) is 15.1 Å². The predicted molar refractivity (Wildman–Crippen MR) is 57.1 cm³/mol. The minimum absolute atomic E-state index is 0.0831. The van der Waals surface area contributed by atoms with Crippen LogP contribution in [0.3, 0.4) is 0 Å². The number of nitrogens with one attached hydrogen (secondary N) is 1. The number of hydrogen-bond acceptors (Lipinski definition) is 3. The largest absolute Gasteiger partial charge is 0.481 e. The van der Waals surface area contributed by atoms with E-state index in [-0.39, 0.29) is 25.9 Å². The first-order valence-corrected chi connectivity index (χ1v) is 5.38. The van der Waals surface area contributed by atoms with Gasteiger partial charge in [0.2, 0.25) is 5.91 Å². The van der Waals surface area contributed by atoms with E-state index in [0.29, 0.717) is 0 Å². The molecule has 0 aromatic carbocycles. The van der Waals surface area contributed by atoms with Crippen LogP contribution in [0.1, 0.15) is 18.5 Å². The first-order chi connectivity index (χ1) is 8.79. The Hall–Kier alpha value is -2.06. The van der Waals surface area contributed by atoms with Gasteiger partial charge in [-0.05, 0) is 12.5 Å². The third-order valence-electron chi connectivity index (χ3n) is 2.13. The van der Waals surface area contributed by atoms with E-state index in [1.165, 1.54) is 0 Å². The van der Waals surface area contributed by atoms with Crippen molar-refractivity contribution in [3.05, 3.63) is 18.0 Å². The standard InChI is InChI=1S/C10H12F3N3O3/c11-10(12,13)7-3-5-16(15-7)6-8(17)14-4-1-2-9(18)19/h3,5H,1-2,4,6H2,(H,14,17)(H,18,19). The van der Waals surface area contributed by atoms with Crippen molar-refractivity contribution in [2.45, 2.75) is 25.6 Å². The number of carboxylic acids is 1. The van der Waals surface area contributed by atoms with Gasteiger partial charge in [-0.15, -0.1) is 0 Å². The van der Waals surface area contributed by atoms with Gasteiger partial charge in [-0.25, -0.2) is 0 Å². The lowest BCUT2D eigenvalue weighted by Crippen LogP contribution is -2.29. The van der Waals surface area contributed by atoms with E-state index in [1.807, 2.05) is 0 Å². The van der Waals surface area contributed by atoms with Crippen molar-refractivity contribution in [2.24, 2.45) is 0 Å². The molecule has 106 valence electrons. The highest BCUT2D eigenvalue weighted by Crippen LogP contribution is 2.27. The number of alkyl halides is 3. The van der Waals surface area contributed by atoms with Gasteiger partial charge < -0.3 is 10.4 Å². The van der Waals surface area contributed by atoms with Crippen molar-refractivity contribution in [1.29, 1.82) is 0 Å². The molecule has 0 saturated heterocycles. The van der Waals surface area contributed by atoms with Crippen molar-refractivity contribution >= 4 is 11.9 Å². The molecule has 2 N–H and O–H groups in total. The summed E-state index contributed by atoms with van der Waals surface area (Å²) < 4.78 is 37.6. The smallest absolute Gasteiger partial charge is 0.435 e. The molecule has 9 heteroatoms. The Labute approximate surface area is 106 Å². The van der Waals surface area contributed by atoms with E-state index >= 15 is 0 Å². The van der Waals surface area contributed by atoms with Crippen LogP contribution in [-0.4, -0.2) is 33.3 Å². The summed E-state index contributed by atoms with van der Waals surface area (Å²) in [7, 11) is 0. The van der Waals surface area contributed by atoms with E-state index in [1.54, 1.807) is 0 Å². The summed E-state index contributed by atoms with van der Waals surface area (Å²) >= 11 is 0. The Morgan fingerprint density at radius 3 is 2.63 bits per heavy atom. The molecule has 0 aliphatic carbocycles. The summed E-state index contributed by atoms with van der Waals surface area (Å²) in [6.07, 6.45) is -3.31. The van der Waals surface area contributed by atoms with Crippen molar-refractivity contribution in [2.75, 3.05) is 6.54 Å². The molecule has 1 heterocycles. The average molecular weight is 279 g/mol. The number of carboxylic acid groups (broad SMARTS) is 1. The lowest BCUT2D eigenvalue weighted by Gasteiger charge is -2.05. The van der Waals surface area contributed by atoms with Gasteiger partial charge in [-0.3, -0.25) is 14.3 Å². The molecule has 0 bridgehead atoms. The lowest BCUT2D eigenvalue weighted by atomic mass is 10.3. The number of aromatic nitrogens is 2. The molecular weight excluding hydrogens is 267 g/mol. The zero-order valence-electron chi connectivity index (χ0n) is 9.78. The highest BCUT2D eigenvalue weighted by Gasteiger charge is 2.33. The van der Waals surface area contributed by atoms with Crippen molar-refractivity contribution < 1.29 is 27.9 Å². The third kappa shape index (κ3) is 5.40. The van der Waals surface area contributed by atoms with E-state index < -0.39 is 23.7 Å². The van der Waals surface area contributed by atoms with Gasteiger partial charge in [-0.2, -0.15) is 18.3 Å². The van der Waals surface area contributed by atoms with Crippen LogP contribution in [0, 0.1) is 0 Å². The van der Waals surface area contributed by atoms with Crippen LogP contribution >= 0.6 is 0 Å². The third-order valence-corrected chi connectivity index (χ3v) is 2.13. The number of aliphatic carboxylic acids is 1. The van der Waals surface area contributed by atoms with Crippen molar-refractivity contribution in [3.63, 3.8) is 0 Å². The molecule has 1 aromatic rings. The zero-order chi connectivity index (χ0) is 14.5. The van der Waals surface area contributed by atoms with Gasteiger partial charge in [-0.1, -0.05) is 0 Å². The van der Waals surface area contributed by atoms with Crippen LogP contribution in [0.25, 0.3) is 0 Å². The van der Waals surface area contributed by atoms with Gasteiger partial charge in [0.05, 0.1) is 0 Å².